The van der Waals surface area contributed by atoms with E-state index >= 15 is 0 Å². The van der Waals surface area contributed by atoms with E-state index in [9.17, 15) is 4.79 Å². The van der Waals surface area contributed by atoms with Crippen molar-refractivity contribution >= 4 is 11.6 Å². The van der Waals surface area contributed by atoms with E-state index in [1.807, 2.05) is 50.2 Å². The van der Waals surface area contributed by atoms with Crippen LogP contribution in [0.2, 0.25) is 0 Å². The summed E-state index contributed by atoms with van der Waals surface area (Å²) in [6, 6.07) is 7.79. The second-order valence-corrected chi connectivity index (χ2v) is 5.70. The molecule has 1 N–H and O–H groups in total. The van der Waals surface area contributed by atoms with Crippen molar-refractivity contribution in [3.63, 3.8) is 0 Å². The normalized spacial score (nSPS) is 17.3. The van der Waals surface area contributed by atoms with Gasteiger partial charge in [-0.25, -0.2) is 0 Å². The molecule has 0 aliphatic carbocycles. The highest BCUT2D eigenvalue weighted by atomic mass is 16.5. The number of anilines is 1. The average Bonchev–Trinajstić information content (AvgIpc) is 2.48. The second kappa shape index (κ2) is 7.43. The van der Waals surface area contributed by atoms with Crippen LogP contribution >= 0.6 is 0 Å². The number of rotatable bonds is 5. The summed E-state index contributed by atoms with van der Waals surface area (Å²) in [4.78, 5) is 16.7. The highest BCUT2D eigenvalue weighted by molar-refractivity contribution is 5.99. The molecule has 0 radical (unpaired) electrons. The van der Waals surface area contributed by atoms with Crippen molar-refractivity contribution in [3.05, 3.63) is 29.8 Å². The lowest BCUT2D eigenvalue weighted by molar-refractivity contribution is 0.0342. The minimum absolute atomic E-state index is 0.0138. The van der Waals surface area contributed by atoms with Crippen LogP contribution in [-0.4, -0.2) is 63.8 Å². The molecule has 0 bridgehead atoms. The summed E-state index contributed by atoms with van der Waals surface area (Å²) < 4.78 is 5.34. The molecular formula is C16H25N3O2. The monoisotopic (exact) mass is 291 g/mol. The molecule has 0 unspecified atom stereocenters. The number of carbonyl (C=O) groups excluding carboxylic acids is 1. The molecule has 21 heavy (non-hydrogen) atoms. The number of nitrogens with zero attached hydrogens (tertiary/aromatic N) is 2. The van der Waals surface area contributed by atoms with Gasteiger partial charge in [0.2, 0.25) is 0 Å². The zero-order chi connectivity index (χ0) is 15.2. The van der Waals surface area contributed by atoms with Gasteiger partial charge in [-0.1, -0.05) is 12.1 Å². The number of para-hydroxylation sites is 1. The fourth-order valence-electron chi connectivity index (χ4n) is 2.57. The minimum Gasteiger partial charge on any atom is -0.379 e. The number of hydrogen-bond acceptors (Lipinski definition) is 4. The van der Waals surface area contributed by atoms with Gasteiger partial charge < -0.3 is 15.0 Å². The molecule has 1 amide bonds. The largest absolute Gasteiger partial charge is 0.379 e. The van der Waals surface area contributed by atoms with Crippen molar-refractivity contribution in [2.24, 2.45) is 0 Å². The van der Waals surface area contributed by atoms with E-state index in [1.165, 1.54) is 0 Å². The third-order valence-corrected chi connectivity index (χ3v) is 3.64. The highest BCUT2D eigenvalue weighted by Gasteiger charge is 2.17. The SMILES string of the molecule is C[C@@H](CN1CCOCC1)NC(=O)c1ccccc1N(C)C. The molecule has 2 rings (SSSR count). The van der Waals surface area contributed by atoms with Crippen molar-refractivity contribution in [1.29, 1.82) is 0 Å². The number of nitrogens with one attached hydrogen (secondary N) is 1. The maximum absolute atomic E-state index is 12.4. The van der Waals surface area contributed by atoms with Crippen LogP contribution in [-0.2, 0) is 4.74 Å². The number of benzene rings is 1. The molecule has 1 aliphatic heterocycles. The lowest BCUT2D eigenvalue weighted by Crippen LogP contribution is -2.46. The average molecular weight is 291 g/mol. The Kier molecular flexibility index (Phi) is 5.59. The number of carbonyl (C=O) groups is 1. The van der Waals surface area contributed by atoms with Gasteiger partial charge in [-0.05, 0) is 19.1 Å². The van der Waals surface area contributed by atoms with E-state index in [-0.39, 0.29) is 11.9 Å². The van der Waals surface area contributed by atoms with Crippen LogP contribution in [0.25, 0.3) is 0 Å². The smallest absolute Gasteiger partial charge is 0.253 e. The molecule has 0 aromatic heterocycles. The quantitative estimate of drug-likeness (QED) is 0.885. The molecule has 5 heteroatoms. The molecule has 1 aromatic rings. The molecule has 0 saturated carbocycles. The predicted octanol–water partition coefficient (Wildman–Crippen LogP) is 1.20. The Hall–Kier alpha value is -1.59. The van der Waals surface area contributed by atoms with Crippen molar-refractivity contribution in [1.82, 2.24) is 10.2 Å². The molecular weight excluding hydrogens is 266 g/mol. The predicted molar refractivity (Wildman–Crippen MR) is 85.0 cm³/mol. The minimum atomic E-state index is -0.0138. The molecule has 1 saturated heterocycles. The topological polar surface area (TPSA) is 44.8 Å². The lowest BCUT2D eigenvalue weighted by atomic mass is 10.1. The van der Waals surface area contributed by atoms with Crippen LogP contribution in [0.1, 0.15) is 17.3 Å². The Labute approximate surface area is 126 Å². The summed E-state index contributed by atoms with van der Waals surface area (Å²) in [5.41, 5.74) is 1.66. The first-order chi connectivity index (χ1) is 10.1. The summed E-state index contributed by atoms with van der Waals surface area (Å²) in [5.74, 6) is -0.0138. The summed E-state index contributed by atoms with van der Waals surface area (Å²) in [7, 11) is 3.90. The van der Waals surface area contributed by atoms with Crippen molar-refractivity contribution in [2.45, 2.75) is 13.0 Å². The van der Waals surface area contributed by atoms with Crippen molar-refractivity contribution < 1.29 is 9.53 Å². The Morgan fingerprint density at radius 2 is 2.00 bits per heavy atom. The summed E-state index contributed by atoms with van der Waals surface area (Å²) in [6.45, 7) is 6.35. The van der Waals surface area contributed by atoms with E-state index < -0.39 is 0 Å². The Morgan fingerprint density at radius 3 is 2.67 bits per heavy atom. The fraction of sp³-hybridized carbons (Fsp3) is 0.562. The second-order valence-electron chi connectivity index (χ2n) is 5.70. The van der Waals surface area contributed by atoms with Gasteiger partial charge in [-0.3, -0.25) is 9.69 Å². The summed E-state index contributed by atoms with van der Waals surface area (Å²) in [5, 5.41) is 3.09. The van der Waals surface area contributed by atoms with Crippen LogP contribution in [0, 0.1) is 0 Å². The Bertz CT molecular complexity index is 470. The van der Waals surface area contributed by atoms with Gasteiger partial charge >= 0.3 is 0 Å². The van der Waals surface area contributed by atoms with Crippen LogP contribution in [0.5, 0.6) is 0 Å². The van der Waals surface area contributed by atoms with E-state index in [0.717, 1.165) is 44.1 Å². The van der Waals surface area contributed by atoms with Gasteiger partial charge in [0.25, 0.3) is 5.91 Å². The standard InChI is InChI=1S/C16H25N3O2/c1-13(12-19-8-10-21-11-9-19)17-16(20)14-6-4-5-7-15(14)18(2)3/h4-7,13H,8-12H2,1-3H3,(H,17,20)/t13-/m0/s1. The van der Waals surface area contributed by atoms with Gasteiger partial charge in [-0.15, -0.1) is 0 Å². The maximum atomic E-state index is 12.4. The van der Waals surface area contributed by atoms with E-state index in [0.29, 0.717) is 0 Å². The third-order valence-electron chi connectivity index (χ3n) is 3.64. The molecule has 0 spiro atoms. The van der Waals surface area contributed by atoms with Crippen LogP contribution in [0.4, 0.5) is 5.69 Å². The first-order valence-electron chi connectivity index (χ1n) is 7.45. The van der Waals surface area contributed by atoms with Gasteiger partial charge in [0.05, 0.1) is 18.8 Å². The van der Waals surface area contributed by atoms with Crippen LogP contribution in [0.15, 0.2) is 24.3 Å². The molecule has 1 heterocycles. The van der Waals surface area contributed by atoms with Gasteiger partial charge in [0.15, 0.2) is 0 Å². The first-order valence-corrected chi connectivity index (χ1v) is 7.45. The third kappa shape index (κ3) is 4.44. The highest BCUT2D eigenvalue weighted by Crippen LogP contribution is 2.17. The van der Waals surface area contributed by atoms with Gasteiger partial charge in [-0.2, -0.15) is 0 Å². The lowest BCUT2D eigenvalue weighted by Gasteiger charge is -2.29. The summed E-state index contributed by atoms with van der Waals surface area (Å²) in [6.07, 6.45) is 0. The molecule has 5 nitrogen and oxygen atoms in total. The Balaban J connectivity index is 1.94. The van der Waals surface area contributed by atoms with Crippen LogP contribution in [0.3, 0.4) is 0 Å². The van der Waals surface area contributed by atoms with Gasteiger partial charge in [0, 0.05) is 45.5 Å². The maximum Gasteiger partial charge on any atom is 0.253 e. The van der Waals surface area contributed by atoms with Crippen molar-refractivity contribution in [3.8, 4) is 0 Å². The zero-order valence-electron chi connectivity index (χ0n) is 13.1. The number of ether oxygens (including phenoxy) is 1. The van der Waals surface area contributed by atoms with E-state index in [4.69, 9.17) is 4.74 Å². The fourth-order valence-corrected chi connectivity index (χ4v) is 2.57. The van der Waals surface area contributed by atoms with E-state index in [1.54, 1.807) is 0 Å². The van der Waals surface area contributed by atoms with Gasteiger partial charge in [0.1, 0.15) is 0 Å². The summed E-state index contributed by atoms with van der Waals surface area (Å²) >= 11 is 0. The zero-order valence-corrected chi connectivity index (χ0v) is 13.1. The molecule has 1 aliphatic rings. The van der Waals surface area contributed by atoms with E-state index in [2.05, 4.69) is 10.2 Å². The molecule has 1 atom stereocenters. The number of amides is 1. The molecule has 116 valence electrons. The molecule has 1 fully saturated rings. The molecule has 1 aromatic carbocycles. The number of morpholine rings is 1. The van der Waals surface area contributed by atoms with Crippen LogP contribution < -0.4 is 10.2 Å². The number of hydrogen-bond donors (Lipinski definition) is 1. The first kappa shape index (κ1) is 15.8. The van der Waals surface area contributed by atoms with Crippen molar-refractivity contribution in [2.75, 3.05) is 51.8 Å². The Morgan fingerprint density at radius 1 is 1.33 bits per heavy atom.